The van der Waals surface area contributed by atoms with Crippen molar-refractivity contribution in [3.63, 3.8) is 0 Å². The Morgan fingerprint density at radius 2 is 1.86 bits per heavy atom. The van der Waals surface area contributed by atoms with Crippen LogP contribution in [0, 0.1) is 0 Å². The molecule has 0 aliphatic carbocycles. The Hall–Kier alpha value is -1.80. The third-order valence-electron chi connectivity index (χ3n) is 5.35. The fourth-order valence-electron chi connectivity index (χ4n) is 3.73. The van der Waals surface area contributed by atoms with E-state index in [0.717, 1.165) is 36.7 Å². The van der Waals surface area contributed by atoms with Crippen LogP contribution in [0.2, 0.25) is 0 Å². The third-order valence-corrected chi connectivity index (χ3v) is 6.29. The van der Waals surface area contributed by atoms with Crippen LogP contribution in [0.5, 0.6) is 5.75 Å². The fourth-order valence-corrected chi connectivity index (χ4v) is 4.71. The molecule has 1 aromatic carbocycles. The molecular formula is C21H26N2O4S. The average Bonchev–Trinajstić information content (AvgIpc) is 2.75. The molecule has 0 radical (unpaired) electrons. The number of nitrogens with zero attached hydrogens (tertiary/aromatic N) is 2. The fraction of sp³-hybridized carbons (Fsp3) is 0.476. The highest BCUT2D eigenvalue weighted by Crippen LogP contribution is 2.27. The lowest BCUT2D eigenvalue weighted by atomic mass is 10.1. The van der Waals surface area contributed by atoms with Crippen LogP contribution in [0.3, 0.4) is 0 Å². The molecule has 2 aromatic rings. The molecule has 1 N–H and O–H groups in total. The van der Waals surface area contributed by atoms with E-state index in [0.29, 0.717) is 37.4 Å². The molecule has 0 saturated carbocycles. The Morgan fingerprint density at radius 1 is 1.07 bits per heavy atom. The molecule has 2 saturated heterocycles. The summed E-state index contributed by atoms with van der Waals surface area (Å²) in [6.45, 7) is 4.94. The van der Waals surface area contributed by atoms with E-state index < -0.39 is 5.63 Å². The average molecular weight is 403 g/mol. The molecule has 6 nitrogen and oxygen atoms in total. The number of ether oxygens (including phenoxy) is 1. The van der Waals surface area contributed by atoms with Crippen molar-refractivity contribution in [2.24, 2.45) is 0 Å². The second-order valence-corrected chi connectivity index (χ2v) is 8.49. The highest BCUT2D eigenvalue weighted by atomic mass is 32.2. The SMILES string of the molecule is O=c1occ(CN2CCSCC2)c(O)c1CN1CCOC(c2ccccc2)C1. The minimum atomic E-state index is -0.460. The van der Waals surface area contributed by atoms with Gasteiger partial charge in [-0.05, 0) is 5.56 Å². The van der Waals surface area contributed by atoms with Crippen LogP contribution in [-0.2, 0) is 17.8 Å². The first kappa shape index (κ1) is 19.5. The number of morpholine rings is 1. The molecule has 0 bridgehead atoms. The van der Waals surface area contributed by atoms with Gasteiger partial charge < -0.3 is 14.3 Å². The molecule has 7 heteroatoms. The van der Waals surface area contributed by atoms with Crippen molar-refractivity contribution in [3.8, 4) is 5.75 Å². The van der Waals surface area contributed by atoms with Gasteiger partial charge in [0.1, 0.15) is 12.0 Å². The van der Waals surface area contributed by atoms with Crippen molar-refractivity contribution in [1.82, 2.24) is 9.80 Å². The number of aromatic hydroxyl groups is 1. The zero-order chi connectivity index (χ0) is 19.3. The molecule has 2 fully saturated rings. The van der Waals surface area contributed by atoms with E-state index in [2.05, 4.69) is 21.9 Å². The summed E-state index contributed by atoms with van der Waals surface area (Å²) in [4.78, 5) is 16.7. The molecule has 0 amide bonds. The summed E-state index contributed by atoms with van der Waals surface area (Å²) in [5, 5.41) is 10.8. The van der Waals surface area contributed by atoms with Crippen LogP contribution < -0.4 is 5.63 Å². The Balaban J connectivity index is 1.47. The third kappa shape index (κ3) is 4.60. The van der Waals surface area contributed by atoms with Gasteiger partial charge in [0.05, 0.1) is 18.3 Å². The van der Waals surface area contributed by atoms with Crippen molar-refractivity contribution in [2.75, 3.05) is 44.3 Å². The van der Waals surface area contributed by atoms with Crippen molar-refractivity contribution in [2.45, 2.75) is 19.2 Å². The van der Waals surface area contributed by atoms with Crippen molar-refractivity contribution in [3.05, 3.63) is 63.7 Å². The normalized spacial score (nSPS) is 21.6. The van der Waals surface area contributed by atoms with Gasteiger partial charge in [0.2, 0.25) is 0 Å². The second kappa shape index (κ2) is 9.13. The maximum absolute atomic E-state index is 12.3. The van der Waals surface area contributed by atoms with Gasteiger partial charge in [-0.25, -0.2) is 4.79 Å². The lowest BCUT2D eigenvalue weighted by Gasteiger charge is -2.33. The largest absolute Gasteiger partial charge is 0.507 e. The minimum Gasteiger partial charge on any atom is -0.507 e. The number of thioether (sulfide) groups is 1. The molecule has 4 rings (SSSR count). The number of hydrogen-bond donors (Lipinski definition) is 1. The molecule has 1 atom stereocenters. The Bertz CT molecular complexity index is 836. The van der Waals surface area contributed by atoms with Gasteiger partial charge in [0.15, 0.2) is 0 Å². The van der Waals surface area contributed by atoms with Crippen LogP contribution in [0.15, 0.2) is 45.8 Å². The van der Waals surface area contributed by atoms with Gasteiger partial charge >= 0.3 is 5.63 Å². The second-order valence-electron chi connectivity index (χ2n) is 7.27. The Kier molecular flexibility index (Phi) is 6.36. The number of benzene rings is 1. The highest BCUT2D eigenvalue weighted by Gasteiger charge is 2.25. The Morgan fingerprint density at radius 3 is 2.64 bits per heavy atom. The van der Waals surface area contributed by atoms with Crippen molar-refractivity contribution in [1.29, 1.82) is 0 Å². The highest BCUT2D eigenvalue weighted by molar-refractivity contribution is 7.99. The topological polar surface area (TPSA) is 66.2 Å². The molecule has 1 unspecified atom stereocenters. The van der Waals surface area contributed by atoms with Crippen LogP contribution in [0.4, 0.5) is 0 Å². The van der Waals surface area contributed by atoms with E-state index >= 15 is 0 Å². The van der Waals surface area contributed by atoms with E-state index in [-0.39, 0.29) is 11.9 Å². The van der Waals surface area contributed by atoms with E-state index in [1.807, 2.05) is 30.0 Å². The minimum absolute atomic E-state index is 0.0295. The van der Waals surface area contributed by atoms with Gasteiger partial charge in [-0.15, -0.1) is 0 Å². The summed E-state index contributed by atoms with van der Waals surface area (Å²) < 4.78 is 11.2. The van der Waals surface area contributed by atoms with Gasteiger partial charge in [0, 0.05) is 56.3 Å². The zero-order valence-corrected chi connectivity index (χ0v) is 16.7. The summed E-state index contributed by atoms with van der Waals surface area (Å²) in [7, 11) is 0. The molecule has 2 aliphatic heterocycles. The van der Waals surface area contributed by atoms with Crippen LogP contribution >= 0.6 is 11.8 Å². The summed E-state index contributed by atoms with van der Waals surface area (Å²) in [6.07, 6.45) is 1.38. The van der Waals surface area contributed by atoms with Crippen molar-refractivity contribution < 1.29 is 14.3 Å². The maximum Gasteiger partial charge on any atom is 0.343 e. The summed E-state index contributed by atoms with van der Waals surface area (Å²) in [5.74, 6) is 2.27. The summed E-state index contributed by atoms with van der Waals surface area (Å²) in [6, 6.07) is 10.1. The van der Waals surface area contributed by atoms with Crippen LogP contribution in [0.25, 0.3) is 0 Å². The van der Waals surface area contributed by atoms with Crippen LogP contribution in [-0.4, -0.2) is 59.2 Å². The van der Waals surface area contributed by atoms with Gasteiger partial charge in [-0.1, -0.05) is 30.3 Å². The van der Waals surface area contributed by atoms with E-state index in [9.17, 15) is 9.90 Å². The smallest absolute Gasteiger partial charge is 0.343 e. The zero-order valence-electron chi connectivity index (χ0n) is 15.9. The molecule has 0 spiro atoms. The predicted molar refractivity (Wildman–Crippen MR) is 110 cm³/mol. The van der Waals surface area contributed by atoms with Gasteiger partial charge in [-0.3, -0.25) is 9.80 Å². The van der Waals surface area contributed by atoms with E-state index in [1.165, 1.54) is 6.26 Å². The summed E-state index contributed by atoms with van der Waals surface area (Å²) in [5.41, 5.74) is 1.70. The van der Waals surface area contributed by atoms with Crippen LogP contribution in [0.1, 0.15) is 22.8 Å². The Labute approximate surface area is 169 Å². The van der Waals surface area contributed by atoms with Gasteiger partial charge in [-0.2, -0.15) is 11.8 Å². The molecule has 3 heterocycles. The first-order chi connectivity index (χ1) is 13.7. The first-order valence-electron chi connectivity index (χ1n) is 9.72. The van der Waals surface area contributed by atoms with Crippen molar-refractivity contribution >= 4 is 11.8 Å². The van der Waals surface area contributed by atoms with Gasteiger partial charge in [0.25, 0.3) is 0 Å². The van der Waals surface area contributed by atoms with E-state index in [1.54, 1.807) is 0 Å². The number of hydrogen-bond acceptors (Lipinski definition) is 7. The monoisotopic (exact) mass is 402 g/mol. The summed E-state index contributed by atoms with van der Waals surface area (Å²) >= 11 is 1.94. The molecular weight excluding hydrogens is 376 g/mol. The predicted octanol–water partition coefficient (Wildman–Crippen LogP) is 2.47. The molecule has 2 aliphatic rings. The molecule has 28 heavy (non-hydrogen) atoms. The van der Waals surface area contributed by atoms with E-state index in [4.69, 9.17) is 9.15 Å². The lowest BCUT2D eigenvalue weighted by Crippen LogP contribution is -2.39. The molecule has 150 valence electrons. The maximum atomic E-state index is 12.3. The number of rotatable bonds is 5. The first-order valence-corrected chi connectivity index (χ1v) is 10.9. The lowest BCUT2D eigenvalue weighted by molar-refractivity contribution is -0.0334. The standard InChI is InChI=1S/C21H26N2O4S/c24-20-17(12-22-7-10-28-11-8-22)15-27-21(25)18(20)13-23-6-9-26-19(14-23)16-4-2-1-3-5-16/h1-5,15,19,24H,6-14H2. The molecule has 1 aromatic heterocycles. The quantitative estimate of drug-likeness (QED) is 0.824.